The van der Waals surface area contributed by atoms with E-state index in [1.54, 1.807) is 12.1 Å². The largest absolute Gasteiger partial charge is 0.464 e. The van der Waals surface area contributed by atoms with Crippen LogP contribution in [0.25, 0.3) is 21.7 Å². The standard InChI is InChI=1S/C22H19N3O3/c1-28-22(26)20-11-15-9-10-16(21(23)24-27)12-19(15)25(20)13-17-7-4-6-14-5-2-3-8-18(14)17/h2-12,27H,13H2,1H3,(H2,23,24). The maximum Gasteiger partial charge on any atom is 0.354 e. The van der Waals surface area contributed by atoms with E-state index in [1.807, 2.05) is 41.0 Å². The summed E-state index contributed by atoms with van der Waals surface area (Å²) in [6.07, 6.45) is 0. The SMILES string of the molecule is COC(=O)c1cc2ccc(C(N)=NO)cc2n1Cc1cccc2ccccc12. The van der Waals surface area contributed by atoms with Gasteiger partial charge in [0.15, 0.2) is 5.84 Å². The molecule has 0 aliphatic rings. The normalized spacial score (nSPS) is 11.8. The lowest BCUT2D eigenvalue weighted by Crippen LogP contribution is -2.14. The number of carbonyl (C=O) groups excluding carboxylic acids is 1. The molecule has 1 aromatic heterocycles. The molecule has 0 unspecified atom stereocenters. The second-order valence-corrected chi connectivity index (χ2v) is 6.50. The molecule has 0 atom stereocenters. The van der Waals surface area contributed by atoms with Crippen LogP contribution in [0.15, 0.2) is 71.9 Å². The van der Waals surface area contributed by atoms with Crippen LogP contribution in [0.1, 0.15) is 21.6 Å². The first-order valence-electron chi connectivity index (χ1n) is 8.78. The highest BCUT2D eigenvalue weighted by Crippen LogP contribution is 2.26. The number of nitrogens with zero attached hydrogens (tertiary/aromatic N) is 2. The topological polar surface area (TPSA) is 89.8 Å². The molecule has 0 amide bonds. The van der Waals surface area contributed by atoms with Crippen LogP contribution in [-0.4, -0.2) is 28.7 Å². The molecule has 1 heterocycles. The first-order valence-corrected chi connectivity index (χ1v) is 8.78. The number of esters is 1. The van der Waals surface area contributed by atoms with Crippen molar-refractivity contribution in [3.8, 4) is 0 Å². The number of nitrogens with two attached hydrogens (primary N) is 1. The Kier molecular flexibility index (Phi) is 4.45. The van der Waals surface area contributed by atoms with Gasteiger partial charge in [0.1, 0.15) is 5.69 Å². The Morgan fingerprint density at radius 3 is 2.64 bits per heavy atom. The number of hydrogen-bond donors (Lipinski definition) is 2. The fraction of sp³-hybridized carbons (Fsp3) is 0.0909. The molecule has 0 aliphatic heterocycles. The molecule has 0 bridgehead atoms. The highest BCUT2D eigenvalue weighted by molar-refractivity contribution is 6.02. The summed E-state index contributed by atoms with van der Waals surface area (Å²) in [4.78, 5) is 12.4. The van der Waals surface area contributed by atoms with E-state index in [2.05, 4.69) is 23.4 Å². The molecule has 0 aliphatic carbocycles. The molecule has 3 N–H and O–H groups in total. The number of amidine groups is 1. The van der Waals surface area contributed by atoms with Crippen LogP contribution < -0.4 is 5.73 Å². The predicted octanol–water partition coefficient (Wildman–Crippen LogP) is 3.72. The number of oxime groups is 1. The monoisotopic (exact) mass is 373 g/mol. The fourth-order valence-corrected chi connectivity index (χ4v) is 3.52. The first-order chi connectivity index (χ1) is 13.6. The van der Waals surface area contributed by atoms with Crippen molar-refractivity contribution in [2.24, 2.45) is 10.9 Å². The van der Waals surface area contributed by atoms with Gasteiger partial charge in [0.25, 0.3) is 0 Å². The van der Waals surface area contributed by atoms with Gasteiger partial charge in [-0.15, -0.1) is 0 Å². The average Bonchev–Trinajstić information content (AvgIpc) is 3.10. The van der Waals surface area contributed by atoms with Crippen molar-refractivity contribution in [2.45, 2.75) is 6.54 Å². The second kappa shape index (κ2) is 7.08. The Hall–Kier alpha value is -3.80. The number of methoxy groups -OCH3 is 1. The lowest BCUT2D eigenvalue weighted by Gasteiger charge is -2.12. The third-order valence-electron chi connectivity index (χ3n) is 4.91. The number of carbonyl (C=O) groups is 1. The van der Waals surface area contributed by atoms with E-state index in [1.165, 1.54) is 7.11 Å². The average molecular weight is 373 g/mol. The zero-order valence-corrected chi connectivity index (χ0v) is 15.3. The smallest absolute Gasteiger partial charge is 0.354 e. The zero-order valence-electron chi connectivity index (χ0n) is 15.3. The molecule has 28 heavy (non-hydrogen) atoms. The summed E-state index contributed by atoms with van der Waals surface area (Å²) in [5.74, 6) is -0.402. The third kappa shape index (κ3) is 2.95. The van der Waals surface area contributed by atoms with Crippen molar-refractivity contribution in [3.63, 3.8) is 0 Å². The summed E-state index contributed by atoms with van der Waals surface area (Å²) in [5.41, 5.74) is 8.66. The minimum atomic E-state index is -0.415. The van der Waals surface area contributed by atoms with Gasteiger partial charge in [0.05, 0.1) is 7.11 Å². The maximum atomic E-state index is 12.4. The molecule has 140 valence electrons. The molecule has 0 spiro atoms. The molecule has 6 nitrogen and oxygen atoms in total. The number of hydrogen-bond acceptors (Lipinski definition) is 4. The van der Waals surface area contributed by atoms with Gasteiger partial charge in [0.2, 0.25) is 0 Å². The fourth-order valence-electron chi connectivity index (χ4n) is 3.52. The van der Waals surface area contributed by atoms with Crippen LogP contribution in [0.2, 0.25) is 0 Å². The number of rotatable bonds is 4. The van der Waals surface area contributed by atoms with E-state index in [4.69, 9.17) is 15.7 Å². The highest BCUT2D eigenvalue weighted by atomic mass is 16.5. The van der Waals surface area contributed by atoms with Gasteiger partial charge in [-0.2, -0.15) is 0 Å². The molecule has 4 aromatic rings. The van der Waals surface area contributed by atoms with Gasteiger partial charge in [0, 0.05) is 23.0 Å². The lowest BCUT2D eigenvalue weighted by atomic mass is 10.0. The van der Waals surface area contributed by atoms with Crippen molar-refractivity contribution < 1.29 is 14.7 Å². The van der Waals surface area contributed by atoms with Gasteiger partial charge in [-0.3, -0.25) is 0 Å². The Bertz CT molecular complexity index is 1220. The molecule has 0 fully saturated rings. The predicted molar refractivity (Wildman–Crippen MR) is 109 cm³/mol. The zero-order chi connectivity index (χ0) is 19.7. The van der Waals surface area contributed by atoms with Gasteiger partial charge in [-0.05, 0) is 28.5 Å². The Labute approximate surface area is 161 Å². The van der Waals surface area contributed by atoms with Gasteiger partial charge in [-0.1, -0.05) is 59.8 Å². The Balaban J connectivity index is 1.93. The van der Waals surface area contributed by atoms with Crippen LogP contribution in [0, 0.1) is 0 Å². The van der Waals surface area contributed by atoms with Crippen molar-refractivity contribution in [3.05, 3.63) is 83.6 Å². The van der Waals surface area contributed by atoms with E-state index >= 15 is 0 Å². The van der Waals surface area contributed by atoms with Crippen LogP contribution in [0.4, 0.5) is 0 Å². The molecule has 3 aromatic carbocycles. The Morgan fingerprint density at radius 2 is 1.86 bits per heavy atom. The van der Waals surface area contributed by atoms with E-state index < -0.39 is 5.97 Å². The third-order valence-corrected chi connectivity index (χ3v) is 4.91. The van der Waals surface area contributed by atoms with Crippen LogP contribution in [-0.2, 0) is 11.3 Å². The molecule has 0 saturated heterocycles. The second-order valence-electron chi connectivity index (χ2n) is 6.50. The summed E-state index contributed by atoms with van der Waals surface area (Å²) >= 11 is 0. The van der Waals surface area contributed by atoms with Gasteiger partial charge in [-0.25, -0.2) is 4.79 Å². The Morgan fingerprint density at radius 1 is 1.07 bits per heavy atom. The number of aromatic nitrogens is 1. The lowest BCUT2D eigenvalue weighted by molar-refractivity contribution is 0.0589. The molecule has 4 rings (SSSR count). The van der Waals surface area contributed by atoms with Gasteiger partial charge >= 0.3 is 5.97 Å². The first kappa shape index (κ1) is 17.6. The van der Waals surface area contributed by atoms with E-state index in [0.717, 1.165) is 27.2 Å². The van der Waals surface area contributed by atoms with Crippen LogP contribution in [0.5, 0.6) is 0 Å². The minimum Gasteiger partial charge on any atom is -0.464 e. The van der Waals surface area contributed by atoms with E-state index in [-0.39, 0.29) is 5.84 Å². The maximum absolute atomic E-state index is 12.4. The van der Waals surface area contributed by atoms with Gasteiger partial charge < -0.3 is 20.2 Å². The molecular weight excluding hydrogens is 354 g/mol. The van der Waals surface area contributed by atoms with Crippen molar-refractivity contribution >= 4 is 33.5 Å². The number of ether oxygens (including phenoxy) is 1. The molecular formula is C22H19N3O3. The summed E-state index contributed by atoms with van der Waals surface area (Å²) in [6, 6.07) is 21.4. The van der Waals surface area contributed by atoms with Crippen molar-refractivity contribution in [2.75, 3.05) is 7.11 Å². The summed E-state index contributed by atoms with van der Waals surface area (Å²) < 4.78 is 6.88. The minimum absolute atomic E-state index is 0.0134. The summed E-state index contributed by atoms with van der Waals surface area (Å²) in [7, 11) is 1.37. The van der Waals surface area contributed by atoms with E-state index in [0.29, 0.717) is 17.8 Å². The van der Waals surface area contributed by atoms with Crippen molar-refractivity contribution in [1.82, 2.24) is 4.57 Å². The van der Waals surface area contributed by atoms with E-state index in [9.17, 15) is 4.79 Å². The number of fused-ring (bicyclic) bond motifs is 2. The number of benzene rings is 3. The molecule has 6 heteroatoms. The summed E-state index contributed by atoms with van der Waals surface area (Å²) in [6.45, 7) is 0.481. The quantitative estimate of drug-likeness (QED) is 0.188. The highest BCUT2D eigenvalue weighted by Gasteiger charge is 2.18. The van der Waals surface area contributed by atoms with Crippen LogP contribution >= 0.6 is 0 Å². The molecule has 0 saturated carbocycles. The molecule has 0 radical (unpaired) electrons. The van der Waals surface area contributed by atoms with Crippen molar-refractivity contribution in [1.29, 1.82) is 0 Å². The van der Waals surface area contributed by atoms with Crippen LogP contribution in [0.3, 0.4) is 0 Å². The summed E-state index contributed by atoms with van der Waals surface area (Å²) in [5, 5.41) is 15.2.